The average molecular weight is 325 g/mol. The van der Waals surface area contributed by atoms with Crippen LogP contribution in [0.5, 0.6) is 0 Å². The van der Waals surface area contributed by atoms with Crippen molar-refractivity contribution in [2.75, 3.05) is 32.7 Å². The third-order valence-corrected chi connectivity index (χ3v) is 3.90. The van der Waals surface area contributed by atoms with E-state index < -0.39 is 0 Å². The number of ketones is 1. The molecule has 0 unspecified atom stereocenters. The van der Waals surface area contributed by atoms with Crippen LogP contribution in [-0.2, 0) is 4.79 Å². The topological polar surface area (TPSA) is 40.6 Å². The minimum absolute atomic E-state index is 0.0509. The fourth-order valence-corrected chi connectivity index (χ4v) is 2.68. The number of halogens is 1. The first-order valence-corrected chi connectivity index (χ1v) is 7.13. The number of hydrogen-bond donors (Lipinski definition) is 0. The maximum Gasteiger partial charge on any atom is 0.255 e. The molecule has 1 aromatic rings. The van der Waals surface area contributed by atoms with Gasteiger partial charge in [-0.15, -0.1) is 0 Å². The highest BCUT2D eigenvalue weighted by Crippen LogP contribution is 2.18. The predicted octanol–water partition coefficient (Wildman–Crippen LogP) is 1.80. The van der Waals surface area contributed by atoms with Crippen LogP contribution in [0.1, 0.15) is 17.3 Å². The van der Waals surface area contributed by atoms with Crippen LogP contribution >= 0.6 is 15.9 Å². The molecule has 2 rings (SSSR count). The van der Waals surface area contributed by atoms with Gasteiger partial charge in [-0.3, -0.25) is 14.5 Å². The second-order valence-corrected chi connectivity index (χ2v) is 5.60. The largest absolute Gasteiger partial charge is 0.336 e. The van der Waals surface area contributed by atoms with Crippen molar-refractivity contribution >= 4 is 27.6 Å². The Morgan fingerprint density at radius 3 is 2.37 bits per heavy atom. The van der Waals surface area contributed by atoms with Gasteiger partial charge in [-0.25, -0.2) is 0 Å². The van der Waals surface area contributed by atoms with Gasteiger partial charge >= 0.3 is 0 Å². The Labute approximate surface area is 121 Å². The summed E-state index contributed by atoms with van der Waals surface area (Å²) in [5.41, 5.74) is 0.697. The zero-order chi connectivity index (χ0) is 13.8. The summed E-state index contributed by atoms with van der Waals surface area (Å²) in [7, 11) is 0. The van der Waals surface area contributed by atoms with E-state index in [1.807, 2.05) is 29.2 Å². The maximum absolute atomic E-state index is 12.4. The van der Waals surface area contributed by atoms with Crippen LogP contribution in [0.15, 0.2) is 28.7 Å². The van der Waals surface area contributed by atoms with E-state index in [4.69, 9.17) is 0 Å². The van der Waals surface area contributed by atoms with Crippen molar-refractivity contribution in [3.8, 4) is 0 Å². The van der Waals surface area contributed by atoms with Crippen molar-refractivity contribution < 1.29 is 9.59 Å². The van der Waals surface area contributed by atoms with E-state index in [2.05, 4.69) is 20.8 Å². The molecule has 0 atom stereocenters. The number of nitrogens with zero attached hydrogens (tertiary/aromatic N) is 2. The lowest BCUT2D eigenvalue weighted by Crippen LogP contribution is -2.49. The molecule has 19 heavy (non-hydrogen) atoms. The van der Waals surface area contributed by atoms with Gasteiger partial charge in [0.2, 0.25) is 0 Å². The smallest absolute Gasteiger partial charge is 0.255 e. The number of amides is 1. The lowest BCUT2D eigenvalue weighted by molar-refractivity contribution is -0.118. The number of Topliss-reactive ketones (excluding diaryl/α,β-unsaturated/α-hetero) is 1. The molecule has 0 bridgehead atoms. The van der Waals surface area contributed by atoms with Crippen LogP contribution in [0.4, 0.5) is 0 Å². The van der Waals surface area contributed by atoms with Crippen molar-refractivity contribution in [3.63, 3.8) is 0 Å². The number of piperazine rings is 1. The van der Waals surface area contributed by atoms with Gasteiger partial charge in [0.1, 0.15) is 5.78 Å². The third-order valence-electron chi connectivity index (χ3n) is 3.21. The number of rotatable bonds is 3. The minimum Gasteiger partial charge on any atom is -0.336 e. The van der Waals surface area contributed by atoms with E-state index in [1.54, 1.807) is 6.92 Å². The van der Waals surface area contributed by atoms with Crippen molar-refractivity contribution in [2.24, 2.45) is 0 Å². The summed E-state index contributed by atoms with van der Waals surface area (Å²) in [6.45, 7) is 4.95. The molecule has 1 amide bonds. The molecule has 4 nitrogen and oxygen atoms in total. The molecule has 1 heterocycles. The normalized spacial score (nSPS) is 16.4. The number of benzene rings is 1. The van der Waals surface area contributed by atoms with E-state index in [-0.39, 0.29) is 11.7 Å². The fraction of sp³-hybridized carbons (Fsp3) is 0.429. The molecular weight excluding hydrogens is 308 g/mol. The molecule has 0 spiro atoms. The van der Waals surface area contributed by atoms with E-state index in [9.17, 15) is 9.59 Å². The molecule has 102 valence electrons. The first kappa shape index (κ1) is 14.2. The van der Waals surface area contributed by atoms with E-state index in [0.29, 0.717) is 25.2 Å². The number of carbonyl (C=O) groups excluding carboxylic acids is 2. The van der Waals surface area contributed by atoms with Gasteiger partial charge in [0.05, 0.1) is 12.1 Å². The Morgan fingerprint density at radius 1 is 1.16 bits per heavy atom. The quantitative estimate of drug-likeness (QED) is 0.851. The molecule has 0 aromatic heterocycles. The van der Waals surface area contributed by atoms with Crippen molar-refractivity contribution in [2.45, 2.75) is 6.92 Å². The Bertz CT molecular complexity index is 482. The van der Waals surface area contributed by atoms with Crippen LogP contribution < -0.4 is 0 Å². The van der Waals surface area contributed by atoms with Gasteiger partial charge in [-0.2, -0.15) is 0 Å². The summed E-state index contributed by atoms with van der Waals surface area (Å²) in [6, 6.07) is 7.46. The molecule has 0 aliphatic carbocycles. The lowest BCUT2D eigenvalue weighted by atomic mass is 10.2. The molecule has 1 aliphatic heterocycles. The zero-order valence-corrected chi connectivity index (χ0v) is 12.5. The molecule has 1 aliphatic rings. The number of carbonyl (C=O) groups is 2. The van der Waals surface area contributed by atoms with Crippen molar-refractivity contribution in [1.82, 2.24) is 9.80 Å². The first-order chi connectivity index (χ1) is 9.08. The van der Waals surface area contributed by atoms with Gasteiger partial charge in [-0.1, -0.05) is 12.1 Å². The first-order valence-electron chi connectivity index (χ1n) is 6.33. The van der Waals surface area contributed by atoms with Crippen LogP contribution in [0.2, 0.25) is 0 Å². The average Bonchev–Trinajstić information content (AvgIpc) is 2.39. The SMILES string of the molecule is CC(=O)CN1CCN(C(=O)c2ccccc2Br)CC1. The maximum atomic E-state index is 12.4. The molecule has 0 radical (unpaired) electrons. The summed E-state index contributed by atoms with van der Waals surface area (Å²) in [6.07, 6.45) is 0. The molecule has 1 fully saturated rings. The Kier molecular flexibility index (Phi) is 4.71. The van der Waals surface area contributed by atoms with E-state index in [1.165, 1.54) is 0 Å². The molecule has 1 saturated heterocycles. The highest BCUT2D eigenvalue weighted by atomic mass is 79.9. The fourth-order valence-electron chi connectivity index (χ4n) is 2.23. The summed E-state index contributed by atoms with van der Waals surface area (Å²) in [5.74, 6) is 0.223. The van der Waals surface area contributed by atoms with Gasteiger partial charge in [0, 0.05) is 30.7 Å². The molecule has 5 heteroatoms. The highest BCUT2D eigenvalue weighted by Gasteiger charge is 2.23. The number of hydrogen-bond acceptors (Lipinski definition) is 3. The van der Waals surface area contributed by atoms with Crippen LogP contribution in [0.25, 0.3) is 0 Å². The van der Waals surface area contributed by atoms with Gasteiger partial charge in [-0.05, 0) is 35.0 Å². The van der Waals surface area contributed by atoms with E-state index >= 15 is 0 Å². The van der Waals surface area contributed by atoms with E-state index in [0.717, 1.165) is 17.6 Å². The zero-order valence-electron chi connectivity index (χ0n) is 10.9. The second-order valence-electron chi connectivity index (χ2n) is 4.75. The Morgan fingerprint density at radius 2 is 1.79 bits per heavy atom. The molecule has 0 N–H and O–H groups in total. The molecule has 1 aromatic carbocycles. The van der Waals surface area contributed by atoms with Crippen molar-refractivity contribution in [3.05, 3.63) is 34.3 Å². The summed E-state index contributed by atoms with van der Waals surface area (Å²) in [4.78, 5) is 27.4. The van der Waals surface area contributed by atoms with Gasteiger partial charge < -0.3 is 4.90 Å². The van der Waals surface area contributed by atoms with Crippen LogP contribution in [0, 0.1) is 0 Å². The second kappa shape index (κ2) is 6.30. The summed E-state index contributed by atoms with van der Waals surface area (Å²) >= 11 is 3.41. The monoisotopic (exact) mass is 324 g/mol. The van der Waals surface area contributed by atoms with Gasteiger partial charge in [0.15, 0.2) is 0 Å². The predicted molar refractivity (Wildman–Crippen MR) is 77.2 cm³/mol. The lowest BCUT2D eigenvalue weighted by Gasteiger charge is -2.34. The third kappa shape index (κ3) is 3.64. The van der Waals surface area contributed by atoms with Crippen LogP contribution in [0.3, 0.4) is 0 Å². The highest BCUT2D eigenvalue weighted by molar-refractivity contribution is 9.10. The molecule has 0 saturated carbocycles. The van der Waals surface area contributed by atoms with Crippen LogP contribution in [-0.4, -0.2) is 54.2 Å². The van der Waals surface area contributed by atoms with Gasteiger partial charge in [0.25, 0.3) is 5.91 Å². The Balaban J connectivity index is 1.96. The standard InChI is InChI=1S/C14H17BrN2O2/c1-11(18)10-16-6-8-17(9-7-16)14(19)12-4-2-3-5-13(12)15/h2-5H,6-10H2,1H3. The minimum atomic E-state index is 0.0509. The Hall–Kier alpha value is -1.20. The summed E-state index contributed by atoms with van der Waals surface area (Å²) < 4.78 is 0.825. The molecular formula is C14H17BrN2O2. The van der Waals surface area contributed by atoms with Crippen molar-refractivity contribution in [1.29, 1.82) is 0 Å². The summed E-state index contributed by atoms with van der Waals surface area (Å²) in [5, 5.41) is 0.